The van der Waals surface area contributed by atoms with Crippen LogP contribution in [0.25, 0.3) is 0 Å². The van der Waals surface area contributed by atoms with Crippen LogP contribution in [0.2, 0.25) is 0 Å². The molecule has 0 aromatic carbocycles. The van der Waals surface area contributed by atoms with E-state index in [2.05, 4.69) is 50.2 Å². The summed E-state index contributed by atoms with van der Waals surface area (Å²) in [6.07, 6.45) is 3.97. The van der Waals surface area contributed by atoms with E-state index in [1.165, 1.54) is 4.88 Å². The largest absolute Gasteiger partial charge is 0.378 e. The van der Waals surface area contributed by atoms with Crippen molar-refractivity contribution in [3.8, 4) is 0 Å². The van der Waals surface area contributed by atoms with Crippen molar-refractivity contribution >= 4 is 17.3 Å². The summed E-state index contributed by atoms with van der Waals surface area (Å²) in [7, 11) is 1.80. The van der Waals surface area contributed by atoms with E-state index in [4.69, 9.17) is 9.73 Å². The van der Waals surface area contributed by atoms with Crippen molar-refractivity contribution in [3.63, 3.8) is 0 Å². The Morgan fingerprint density at radius 2 is 2.17 bits per heavy atom. The minimum Gasteiger partial charge on any atom is -0.378 e. The zero-order valence-electron chi connectivity index (χ0n) is 15.2. The topological polar surface area (TPSA) is 58.5 Å². The molecule has 2 atom stereocenters. The van der Waals surface area contributed by atoms with Crippen molar-refractivity contribution in [2.75, 3.05) is 13.7 Å². The third kappa shape index (κ3) is 3.69. The van der Waals surface area contributed by atoms with Crippen LogP contribution in [-0.4, -0.2) is 36.2 Å². The summed E-state index contributed by atoms with van der Waals surface area (Å²) in [6.45, 7) is 12.4. The Morgan fingerprint density at radius 1 is 1.43 bits per heavy atom. The van der Waals surface area contributed by atoms with Gasteiger partial charge in [-0.1, -0.05) is 20.8 Å². The van der Waals surface area contributed by atoms with Gasteiger partial charge >= 0.3 is 0 Å². The normalized spacial score (nSPS) is 26.7. The van der Waals surface area contributed by atoms with Crippen LogP contribution < -0.4 is 10.6 Å². The monoisotopic (exact) mass is 338 g/mol. The third-order valence-electron chi connectivity index (χ3n) is 5.26. The van der Waals surface area contributed by atoms with Crippen molar-refractivity contribution in [3.05, 3.63) is 16.1 Å². The number of methoxy groups -OCH3 is 1. The smallest absolute Gasteiger partial charge is 0.191 e. The molecule has 1 aromatic heterocycles. The molecule has 0 radical (unpaired) electrons. The van der Waals surface area contributed by atoms with Gasteiger partial charge in [0, 0.05) is 36.2 Å². The fourth-order valence-electron chi connectivity index (χ4n) is 2.94. The van der Waals surface area contributed by atoms with Crippen molar-refractivity contribution < 1.29 is 4.74 Å². The molecule has 0 bridgehead atoms. The van der Waals surface area contributed by atoms with Gasteiger partial charge in [-0.25, -0.2) is 9.98 Å². The summed E-state index contributed by atoms with van der Waals surface area (Å²) in [4.78, 5) is 10.4. The molecular formula is C17H30N4OS. The van der Waals surface area contributed by atoms with Crippen LogP contribution in [0.1, 0.15) is 50.9 Å². The molecule has 0 amide bonds. The number of nitrogens with zero attached hydrogens (tertiary/aromatic N) is 2. The van der Waals surface area contributed by atoms with Gasteiger partial charge in [-0.3, -0.25) is 0 Å². The Kier molecular flexibility index (Phi) is 5.68. The second-order valence-corrected chi connectivity index (χ2v) is 8.03. The van der Waals surface area contributed by atoms with Crippen molar-refractivity contribution in [2.45, 2.75) is 65.6 Å². The molecule has 130 valence electrons. The molecule has 2 rings (SSSR count). The van der Waals surface area contributed by atoms with Crippen LogP contribution in [0.15, 0.2) is 11.2 Å². The number of aromatic nitrogens is 1. The molecule has 2 unspecified atom stereocenters. The Hall–Kier alpha value is -1.14. The lowest BCUT2D eigenvalue weighted by atomic mass is 9.56. The van der Waals surface area contributed by atoms with E-state index in [1.807, 2.05) is 6.20 Å². The molecule has 1 aliphatic carbocycles. The summed E-state index contributed by atoms with van der Waals surface area (Å²) in [5.41, 5.74) is -0.0121. The standard InChI is InChI=1S/C17H30N4OS/c1-7-12-10-19-14(23-12)11-20-15(18-8-2)21-13-9-17(5,22-6)16(13,3)4/h10,13H,7-9,11H2,1-6H3,(H2,18,20,21). The second kappa shape index (κ2) is 7.18. The number of hydrogen-bond acceptors (Lipinski definition) is 4. The van der Waals surface area contributed by atoms with Gasteiger partial charge in [-0.2, -0.15) is 0 Å². The molecule has 1 saturated carbocycles. The van der Waals surface area contributed by atoms with Gasteiger partial charge in [0.25, 0.3) is 0 Å². The van der Waals surface area contributed by atoms with Gasteiger partial charge in [-0.15, -0.1) is 11.3 Å². The number of guanidine groups is 1. The average molecular weight is 339 g/mol. The van der Waals surface area contributed by atoms with Crippen LogP contribution in [-0.2, 0) is 17.7 Å². The molecule has 1 aromatic rings. The van der Waals surface area contributed by atoms with Crippen molar-refractivity contribution in [1.82, 2.24) is 15.6 Å². The van der Waals surface area contributed by atoms with E-state index >= 15 is 0 Å². The minimum absolute atomic E-state index is 0.0640. The highest BCUT2D eigenvalue weighted by Gasteiger charge is 2.58. The van der Waals surface area contributed by atoms with Crippen LogP contribution in [0.5, 0.6) is 0 Å². The molecular weight excluding hydrogens is 308 g/mol. The first-order valence-electron chi connectivity index (χ1n) is 8.39. The lowest BCUT2D eigenvalue weighted by molar-refractivity contribution is -0.176. The van der Waals surface area contributed by atoms with Gasteiger partial charge in [0.1, 0.15) is 5.01 Å². The molecule has 2 N–H and O–H groups in total. The Bertz CT molecular complexity index is 555. The first kappa shape index (κ1) is 18.2. The zero-order valence-corrected chi connectivity index (χ0v) is 16.0. The zero-order chi connectivity index (χ0) is 17.1. The number of thiazole rings is 1. The first-order chi connectivity index (χ1) is 10.9. The fourth-order valence-corrected chi connectivity index (χ4v) is 3.73. The highest BCUT2D eigenvalue weighted by atomic mass is 32.1. The van der Waals surface area contributed by atoms with E-state index in [-0.39, 0.29) is 11.0 Å². The molecule has 0 aliphatic heterocycles. The molecule has 1 aliphatic rings. The summed E-state index contributed by atoms with van der Waals surface area (Å²) in [5.74, 6) is 0.858. The first-order valence-corrected chi connectivity index (χ1v) is 9.21. The van der Waals surface area contributed by atoms with Gasteiger partial charge in [0.05, 0.1) is 12.1 Å². The van der Waals surface area contributed by atoms with Gasteiger partial charge in [-0.05, 0) is 26.7 Å². The summed E-state index contributed by atoms with van der Waals surface area (Å²) in [6, 6.07) is 0.354. The Labute approximate surface area is 144 Å². The van der Waals surface area contributed by atoms with Crippen LogP contribution in [0.4, 0.5) is 0 Å². The quantitative estimate of drug-likeness (QED) is 0.618. The van der Waals surface area contributed by atoms with Gasteiger partial charge in [0.15, 0.2) is 5.96 Å². The predicted molar refractivity (Wildman–Crippen MR) is 97.0 cm³/mol. The highest BCUT2D eigenvalue weighted by molar-refractivity contribution is 7.11. The number of aliphatic imine (C=N–C) groups is 1. The van der Waals surface area contributed by atoms with E-state index in [9.17, 15) is 0 Å². The number of nitrogens with one attached hydrogen (secondary N) is 2. The average Bonchev–Trinajstić information content (AvgIpc) is 3.00. The fraction of sp³-hybridized carbons (Fsp3) is 0.765. The number of ether oxygens (including phenoxy) is 1. The SMILES string of the molecule is CCNC(=NCc1ncc(CC)s1)NC1CC(C)(OC)C1(C)C. The Morgan fingerprint density at radius 3 is 2.70 bits per heavy atom. The molecule has 0 spiro atoms. The summed E-state index contributed by atoms with van der Waals surface area (Å²) in [5, 5.41) is 7.96. The molecule has 0 saturated heterocycles. The van der Waals surface area contributed by atoms with Gasteiger partial charge < -0.3 is 15.4 Å². The van der Waals surface area contributed by atoms with E-state index in [1.54, 1.807) is 18.4 Å². The maximum absolute atomic E-state index is 5.70. The number of hydrogen-bond donors (Lipinski definition) is 2. The second-order valence-electron chi connectivity index (χ2n) is 6.83. The van der Waals surface area contributed by atoms with Gasteiger partial charge in [0.2, 0.25) is 0 Å². The van der Waals surface area contributed by atoms with Crippen molar-refractivity contribution in [1.29, 1.82) is 0 Å². The summed E-state index contributed by atoms with van der Waals surface area (Å²) < 4.78 is 5.70. The van der Waals surface area contributed by atoms with E-state index in [0.717, 1.165) is 30.4 Å². The maximum atomic E-state index is 5.70. The third-order valence-corrected chi connectivity index (χ3v) is 6.38. The minimum atomic E-state index is -0.0761. The van der Waals surface area contributed by atoms with Crippen LogP contribution >= 0.6 is 11.3 Å². The summed E-state index contributed by atoms with van der Waals surface area (Å²) >= 11 is 1.74. The lowest BCUT2D eigenvalue weighted by Gasteiger charge is -2.59. The van der Waals surface area contributed by atoms with E-state index < -0.39 is 0 Å². The molecule has 6 heteroatoms. The van der Waals surface area contributed by atoms with Crippen LogP contribution in [0.3, 0.4) is 0 Å². The number of aryl methyl sites for hydroxylation is 1. The molecule has 1 fully saturated rings. The maximum Gasteiger partial charge on any atom is 0.191 e. The van der Waals surface area contributed by atoms with Crippen LogP contribution in [0, 0.1) is 5.41 Å². The lowest BCUT2D eigenvalue weighted by Crippen LogP contribution is -2.69. The molecule has 1 heterocycles. The molecule has 23 heavy (non-hydrogen) atoms. The van der Waals surface area contributed by atoms with E-state index in [0.29, 0.717) is 12.6 Å². The predicted octanol–water partition coefficient (Wildman–Crippen LogP) is 2.96. The van der Waals surface area contributed by atoms with Crippen molar-refractivity contribution in [2.24, 2.45) is 10.4 Å². The Balaban J connectivity index is 2.00. The number of rotatable bonds is 6. The molecule has 5 nitrogen and oxygen atoms in total. The highest BCUT2D eigenvalue weighted by Crippen LogP contribution is 2.51.